The maximum absolute atomic E-state index is 12.5. The van der Waals surface area contributed by atoms with E-state index in [1.54, 1.807) is 29.8 Å². The van der Waals surface area contributed by atoms with Crippen molar-refractivity contribution in [3.63, 3.8) is 0 Å². The van der Waals surface area contributed by atoms with Gasteiger partial charge in [-0.25, -0.2) is 9.97 Å². The summed E-state index contributed by atoms with van der Waals surface area (Å²) in [6.07, 6.45) is 4.45. The molecule has 1 aliphatic rings. The van der Waals surface area contributed by atoms with Crippen LogP contribution in [0.1, 0.15) is 4.88 Å². The topological polar surface area (TPSA) is 87.1 Å². The predicted octanol–water partition coefficient (Wildman–Crippen LogP) is 2.49. The lowest BCUT2D eigenvalue weighted by atomic mass is 10.3. The van der Waals surface area contributed by atoms with Crippen molar-refractivity contribution in [1.82, 2.24) is 25.1 Å². The Bertz CT molecular complexity index is 895. The SMILES string of the molecule is O=C(CSc1nnc(NCCc2cccs2)s1)N1CCN(c2ncccn2)CC1. The maximum atomic E-state index is 12.5. The number of carbonyl (C=O) groups excluding carboxylic acids is 1. The lowest BCUT2D eigenvalue weighted by Crippen LogP contribution is -2.49. The number of thiophene rings is 1. The Morgan fingerprint density at radius 1 is 1.14 bits per heavy atom. The van der Waals surface area contributed by atoms with Gasteiger partial charge in [0.1, 0.15) is 0 Å². The second-order valence-corrected chi connectivity index (χ2v) is 9.57. The van der Waals surface area contributed by atoms with Crippen LogP contribution in [0, 0.1) is 0 Å². The number of nitrogens with one attached hydrogen (secondary N) is 1. The average Bonchev–Trinajstić information content (AvgIpc) is 3.45. The molecule has 0 saturated carbocycles. The molecule has 0 aromatic carbocycles. The number of hydrogen-bond donors (Lipinski definition) is 1. The molecule has 1 saturated heterocycles. The molecular formula is C18H21N7OS3. The van der Waals surface area contributed by atoms with Gasteiger partial charge in [0, 0.05) is 50.0 Å². The third kappa shape index (κ3) is 5.64. The highest BCUT2D eigenvalue weighted by Gasteiger charge is 2.22. The minimum Gasteiger partial charge on any atom is -0.360 e. The smallest absolute Gasteiger partial charge is 0.233 e. The monoisotopic (exact) mass is 447 g/mol. The second kappa shape index (κ2) is 9.99. The van der Waals surface area contributed by atoms with Gasteiger partial charge < -0.3 is 15.1 Å². The Morgan fingerprint density at radius 3 is 2.72 bits per heavy atom. The van der Waals surface area contributed by atoms with Crippen LogP contribution in [0.4, 0.5) is 11.1 Å². The van der Waals surface area contributed by atoms with Crippen LogP contribution in [0.2, 0.25) is 0 Å². The Labute approximate surface area is 181 Å². The number of nitrogens with zero attached hydrogens (tertiary/aromatic N) is 6. The molecule has 4 heterocycles. The molecule has 11 heteroatoms. The first kappa shape index (κ1) is 20.0. The van der Waals surface area contributed by atoms with Crippen LogP contribution >= 0.6 is 34.4 Å². The van der Waals surface area contributed by atoms with Gasteiger partial charge in [-0.05, 0) is 23.9 Å². The summed E-state index contributed by atoms with van der Waals surface area (Å²) in [6, 6.07) is 6.00. The Morgan fingerprint density at radius 2 is 1.97 bits per heavy atom. The van der Waals surface area contributed by atoms with Crippen LogP contribution in [-0.2, 0) is 11.2 Å². The van der Waals surface area contributed by atoms with E-state index in [4.69, 9.17) is 0 Å². The Kier molecular flexibility index (Phi) is 6.91. The molecule has 0 aliphatic carbocycles. The number of hydrogen-bond acceptors (Lipinski definition) is 10. The fourth-order valence-electron chi connectivity index (χ4n) is 2.91. The third-order valence-electron chi connectivity index (χ3n) is 4.42. The summed E-state index contributed by atoms with van der Waals surface area (Å²) in [5.74, 6) is 1.24. The third-order valence-corrected chi connectivity index (χ3v) is 7.36. The van der Waals surface area contributed by atoms with E-state index >= 15 is 0 Å². The molecule has 152 valence electrons. The zero-order chi connectivity index (χ0) is 19.9. The number of aromatic nitrogens is 4. The fraction of sp³-hybridized carbons (Fsp3) is 0.389. The van der Waals surface area contributed by atoms with E-state index in [0.29, 0.717) is 18.8 Å². The first-order valence-corrected chi connectivity index (χ1v) is 12.0. The van der Waals surface area contributed by atoms with Crippen molar-refractivity contribution in [2.75, 3.05) is 48.7 Å². The van der Waals surface area contributed by atoms with Crippen molar-refractivity contribution < 1.29 is 4.79 Å². The fourth-order valence-corrected chi connectivity index (χ4v) is 5.30. The zero-order valence-electron chi connectivity index (χ0n) is 15.7. The normalized spacial score (nSPS) is 14.2. The molecule has 3 aromatic rings. The van der Waals surface area contributed by atoms with Gasteiger partial charge in [-0.1, -0.05) is 29.2 Å². The molecule has 8 nitrogen and oxygen atoms in total. The molecule has 1 amide bonds. The quantitative estimate of drug-likeness (QED) is 0.527. The highest BCUT2D eigenvalue weighted by Crippen LogP contribution is 2.26. The van der Waals surface area contributed by atoms with Crippen molar-refractivity contribution in [2.45, 2.75) is 10.8 Å². The van der Waals surface area contributed by atoms with Gasteiger partial charge in [-0.2, -0.15) is 0 Å². The van der Waals surface area contributed by atoms with Crippen molar-refractivity contribution in [1.29, 1.82) is 0 Å². The Balaban J connectivity index is 1.18. The molecule has 1 fully saturated rings. The van der Waals surface area contributed by atoms with E-state index in [0.717, 1.165) is 41.5 Å². The lowest BCUT2D eigenvalue weighted by Gasteiger charge is -2.34. The number of piperazine rings is 1. The van der Waals surface area contributed by atoms with Gasteiger partial charge >= 0.3 is 0 Å². The summed E-state index contributed by atoms with van der Waals surface area (Å²) in [5.41, 5.74) is 0. The average molecular weight is 448 g/mol. The molecule has 4 rings (SSSR count). The first-order chi connectivity index (χ1) is 14.3. The standard InChI is InChI=1S/C18H21N7OS3/c26-15(24-8-10-25(11-9-24)16-19-5-2-6-20-16)13-28-18-23-22-17(29-18)21-7-4-14-3-1-12-27-14/h1-3,5-6,12H,4,7-11,13H2,(H,21,22). The lowest BCUT2D eigenvalue weighted by molar-refractivity contribution is -0.128. The Hall–Kier alpha value is -2.24. The molecule has 0 unspecified atom stereocenters. The van der Waals surface area contributed by atoms with Crippen molar-refractivity contribution in [3.8, 4) is 0 Å². The van der Waals surface area contributed by atoms with Gasteiger partial charge in [0.2, 0.25) is 17.0 Å². The van der Waals surface area contributed by atoms with E-state index in [1.165, 1.54) is 28.0 Å². The number of amides is 1. The first-order valence-electron chi connectivity index (χ1n) is 9.30. The van der Waals surface area contributed by atoms with Gasteiger partial charge in [0.05, 0.1) is 5.75 Å². The summed E-state index contributed by atoms with van der Waals surface area (Å²) in [5, 5.41) is 14.5. The van der Waals surface area contributed by atoms with Crippen LogP contribution in [-0.4, -0.2) is 69.4 Å². The van der Waals surface area contributed by atoms with E-state index in [1.807, 2.05) is 4.90 Å². The van der Waals surface area contributed by atoms with Crippen LogP contribution in [0.25, 0.3) is 0 Å². The summed E-state index contributed by atoms with van der Waals surface area (Å²) in [7, 11) is 0. The summed E-state index contributed by atoms with van der Waals surface area (Å²) < 4.78 is 0.813. The van der Waals surface area contributed by atoms with Crippen LogP contribution in [0.3, 0.4) is 0 Å². The summed E-state index contributed by atoms with van der Waals surface area (Å²) in [4.78, 5) is 26.4. The summed E-state index contributed by atoms with van der Waals surface area (Å²) >= 11 is 4.70. The highest BCUT2D eigenvalue weighted by molar-refractivity contribution is 8.01. The number of carbonyl (C=O) groups is 1. The van der Waals surface area contributed by atoms with E-state index in [2.05, 4.69) is 47.9 Å². The van der Waals surface area contributed by atoms with Crippen LogP contribution in [0.5, 0.6) is 0 Å². The van der Waals surface area contributed by atoms with Crippen LogP contribution < -0.4 is 10.2 Å². The highest BCUT2D eigenvalue weighted by atomic mass is 32.2. The van der Waals surface area contributed by atoms with Crippen molar-refractivity contribution >= 4 is 51.4 Å². The van der Waals surface area contributed by atoms with E-state index in [-0.39, 0.29) is 5.91 Å². The zero-order valence-corrected chi connectivity index (χ0v) is 18.2. The molecule has 29 heavy (non-hydrogen) atoms. The van der Waals surface area contributed by atoms with Gasteiger partial charge in [-0.3, -0.25) is 4.79 Å². The maximum Gasteiger partial charge on any atom is 0.233 e. The van der Waals surface area contributed by atoms with E-state index in [9.17, 15) is 4.79 Å². The van der Waals surface area contributed by atoms with E-state index < -0.39 is 0 Å². The van der Waals surface area contributed by atoms with Crippen molar-refractivity contribution in [2.24, 2.45) is 0 Å². The van der Waals surface area contributed by atoms with Gasteiger partial charge in [0.15, 0.2) is 4.34 Å². The molecular weight excluding hydrogens is 426 g/mol. The predicted molar refractivity (Wildman–Crippen MR) is 118 cm³/mol. The number of anilines is 2. The minimum atomic E-state index is 0.131. The molecule has 0 spiro atoms. The second-order valence-electron chi connectivity index (χ2n) is 6.33. The van der Waals surface area contributed by atoms with Crippen LogP contribution in [0.15, 0.2) is 40.3 Å². The van der Waals surface area contributed by atoms with Gasteiger partial charge in [-0.15, -0.1) is 21.5 Å². The van der Waals surface area contributed by atoms with Crippen molar-refractivity contribution in [3.05, 3.63) is 40.8 Å². The molecule has 3 aromatic heterocycles. The number of rotatable bonds is 8. The molecule has 1 N–H and O–H groups in total. The molecule has 1 aliphatic heterocycles. The molecule has 0 atom stereocenters. The largest absolute Gasteiger partial charge is 0.360 e. The van der Waals surface area contributed by atoms with Gasteiger partial charge in [0.25, 0.3) is 0 Å². The molecule has 0 bridgehead atoms. The molecule has 0 radical (unpaired) electrons. The summed E-state index contributed by atoms with van der Waals surface area (Å²) in [6.45, 7) is 3.69. The minimum absolute atomic E-state index is 0.131. The number of thioether (sulfide) groups is 1.